The van der Waals surface area contributed by atoms with E-state index in [2.05, 4.69) is 29.4 Å². The first-order valence-corrected chi connectivity index (χ1v) is 11.5. The van der Waals surface area contributed by atoms with Crippen LogP contribution in [0, 0.1) is 0 Å². The molecule has 11 heteroatoms. The number of rotatable bonds is 7. The van der Waals surface area contributed by atoms with Crippen molar-refractivity contribution in [1.82, 2.24) is 19.1 Å². The lowest BCUT2D eigenvalue weighted by Gasteiger charge is -2.25. The second-order valence-corrected chi connectivity index (χ2v) is 9.55. The van der Waals surface area contributed by atoms with Gasteiger partial charge in [0.05, 0.1) is 13.2 Å². The van der Waals surface area contributed by atoms with Crippen LogP contribution in [0.15, 0.2) is 17.2 Å². The number of hydrogen-bond acceptors (Lipinski definition) is 7. The molecule has 0 aromatic carbocycles. The lowest BCUT2D eigenvalue weighted by Crippen LogP contribution is -2.40. The zero-order valence-electron chi connectivity index (χ0n) is 16.2. The Morgan fingerprint density at radius 1 is 1.29 bits per heavy atom. The quantitative estimate of drug-likeness (QED) is 0.725. The number of nitrogens with zero attached hydrogens (tertiary/aromatic N) is 4. The van der Waals surface area contributed by atoms with Crippen LogP contribution in [0.25, 0.3) is 0 Å². The lowest BCUT2D eigenvalue weighted by molar-refractivity contribution is 0.0730. The molecular weight excluding hydrogens is 402 g/mol. The number of morpholine rings is 1. The smallest absolute Gasteiger partial charge is 0.274 e. The Bertz CT molecular complexity index is 927. The van der Waals surface area contributed by atoms with Crippen LogP contribution in [0.3, 0.4) is 0 Å². The fourth-order valence-corrected chi connectivity index (χ4v) is 5.57. The largest absolute Gasteiger partial charge is 0.379 e. The van der Waals surface area contributed by atoms with Crippen molar-refractivity contribution in [3.05, 3.63) is 23.0 Å². The predicted octanol–water partition coefficient (Wildman–Crippen LogP) is 2.05. The Morgan fingerprint density at radius 2 is 1.96 bits per heavy atom. The van der Waals surface area contributed by atoms with Gasteiger partial charge in [0, 0.05) is 32.3 Å². The molecule has 154 valence electrons. The first-order chi connectivity index (χ1) is 13.4. The molecule has 0 saturated carbocycles. The van der Waals surface area contributed by atoms with Crippen molar-refractivity contribution in [1.29, 1.82) is 0 Å². The van der Waals surface area contributed by atoms with E-state index >= 15 is 0 Å². The van der Waals surface area contributed by atoms with E-state index in [0.717, 1.165) is 17.8 Å². The van der Waals surface area contributed by atoms with Gasteiger partial charge < -0.3 is 9.30 Å². The third kappa shape index (κ3) is 4.27. The first kappa shape index (κ1) is 20.9. The third-order valence-electron chi connectivity index (χ3n) is 4.82. The van der Waals surface area contributed by atoms with Gasteiger partial charge >= 0.3 is 0 Å². The molecule has 0 atom stereocenters. The molecule has 0 unspecified atom stereocenters. The van der Waals surface area contributed by atoms with Crippen molar-refractivity contribution >= 4 is 32.4 Å². The fraction of sp³-hybridized carbons (Fsp3) is 0.588. The molecule has 0 spiro atoms. The molecule has 0 radical (unpaired) electrons. The van der Waals surface area contributed by atoms with Crippen LogP contribution >= 0.6 is 11.3 Å². The molecule has 28 heavy (non-hydrogen) atoms. The minimum Gasteiger partial charge on any atom is -0.379 e. The van der Waals surface area contributed by atoms with Crippen LogP contribution in [-0.4, -0.2) is 59.7 Å². The average Bonchev–Trinajstić information content (AvgIpc) is 3.31. The van der Waals surface area contributed by atoms with Gasteiger partial charge in [0.25, 0.3) is 5.91 Å². The third-order valence-corrected chi connectivity index (χ3v) is 7.68. The van der Waals surface area contributed by atoms with E-state index in [1.165, 1.54) is 32.5 Å². The highest BCUT2D eigenvalue weighted by Gasteiger charge is 2.29. The van der Waals surface area contributed by atoms with Crippen LogP contribution < -0.4 is 5.32 Å². The van der Waals surface area contributed by atoms with E-state index in [9.17, 15) is 13.2 Å². The van der Waals surface area contributed by atoms with Gasteiger partial charge in [0.2, 0.25) is 15.2 Å². The molecule has 1 saturated heterocycles. The van der Waals surface area contributed by atoms with Crippen LogP contribution in [-0.2, 0) is 21.8 Å². The summed E-state index contributed by atoms with van der Waals surface area (Å²) in [5.41, 5.74) is 0.242. The molecule has 9 nitrogen and oxygen atoms in total. The number of nitrogens with one attached hydrogen (secondary N) is 1. The van der Waals surface area contributed by atoms with E-state index in [-0.39, 0.29) is 10.6 Å². The van der Waals surface area contributed by atoms with E-state index < -0.39 is 15.9 Å². The second-order valence-electron chi connectivity index (χ2n) is 6.60. The summed E-state index contributed by atoms with van der Waals surface area (Å²) in [4.78, 5) is 12.7. The van der Waals surface area contributed by atoms with Crippen molar-refractivity contribution < 1.29 is 17.9 Å². The van der Waals surface area contributed by atoms with Gasteiger partial charge in [0.1, 0.15) is 15.6 Å². The number of ether oxygens (including phenoxy) is 1. The Balaban J connectivity index is 1.76. The van der Waals surface area contributed by atoms with E-state index in [0.29, 0.717) is 37.4 Å². The number of aryl methyl sites for hydroxylation is 1. The summed E-state index contributed by atoms with van der Waals surface area (Å²) < 4.78 is 33.7. The molecule has 1 amide bonds. The van der Waals surface area contributed by atoms with Gasteiger partial charge in [-0.3, -0.25) is 10.1 Å². The molecule has 2 aromatic heterocycles. The maximum atomic E-state index is 12.8. The number of hydrogen-bond donors (Lipinski definition) is 1. The Hall–Kier alpha value is -1.82. The maximum absolute atomic E-state index is 12.8. The summed E-state index contributed by atoms with van der Waals surface area (Å²) in [6, 6.07) is 1.39. The topological polar surface area (TPSA) is 106 Å². The summed E-state index contributed by atoms with van der Waals surface area (Å²) in [5, 5.41) is 12.2. The predicted molar refractivity (Wildman–Crippen MR) is 106 cm³/mol. The second kappa shape index (κ2) is 8.68. The molecule has 3 heterocycles. The molecule has 3 rings (SSSR count). The highest BCUT2D eigenvalue weighted by atomic mass is 32.2. The number of anilines is 1. The molecule has 1 N–H and O–H groups in total. The van der Waals surface area contributed by atoms with Gasteiger partial charge in [-0.2, -0.15) is 4.31 Å². The molecule has 0 bridgehead atoms. The van der Waals surface area contributed by atoms with E-state index in [1.54, 1.807) is 7.05 Å². The van der Waals surface area contributed by atoms with Crippen molar-refractivity contribution in [2.24, 2.45) is 7.05 Å². The van der Waals surface area contributed by atoms with Crippen LogP contribution in [0.2, 0.25) is 0 Å². The standard InChI is InChI=1S/C17H25N5O4S2/c1-4-12(5-2)16-19-20-17(27-16)18-15(23)14-10-13(11-21(14)3)28(24,25)22-6-8-26-9-7-22/h10-12H,4-9H2,1-3H3,(H,18,20,23). The van der Waals surface area contributed by atoms with Gasteiger partial charge in [-0.15, -0.1) is 10.2 Å². The van der Waals surface area contributed by atoms with Gasteiger partial charge in [-0.1, -0.05) is 25.2 Å². The van der Waals surface area contributed by atoms with E-state index in [4.69, 9.17) is 4.74 Å². The number of sulfonamides is 1. The zero-order valence-corrected chi connectivity index (χ0v) is 17.8. The van der Waals surface area contributed by atoms with Crippen LogP contribution in [0.1, 0.15) is 48.1 Å². The average molecular weight is 428 g/mol. The van der Waals surface area contributed by atoms with Crippen molar-refractivity contribution in [3.8, 4) is 0 Å². The molecule has 1 aliphatic rings. The Labute approximate surface area is 168 Å². The minimum absolute atomic E-state index is 0.0945. The molecule has 2 aromatic rings. The number of aromatic nitrogens is 3. The Morgan fingerprint density at radius 3 is 2.61 bits per heavy atom. The van der Waals surface area contributed by atoms with Gasteiger partial charge in [-0.05, 0) is 18.9 Å². The number of carbonyl (C=O) groups excluding carboxylic acids is 1. The summed E-state index contributed by atoms with van der Waals surface area (Å²) in [7, 11) is -2.02. The summed E-state index contributed by atoms with van der Waals surface area (Å²) in [6.45, 7) is 5.54. The monoisotopic (exact) mass is 427 g/mol. The van der Waals surface area contributed by atoms with E-state index in [1.807, 2.05) is 0 Å². The number of carbonyl (C=O) groups is 1. The highest BCUT2D eigenvalue weighted by molar-refractivity contribution is 7.89. The van der Waals surface area contributed by atoms with Crippen molar-refractivity contribution in [2.75, 3.05) is 31.6 Å². The Kier molecular flexibility index (Phi) is 6.48. The summed E-state index contributed by atoms with van der Waals surface area (Å²) >= 11 is 1.35. The van der Waals surface area contributed by atoms with Crippen molar-refractivity contribution in [3.63, 3.8) is 0 Å². The minimum atomic E-state index is -3.66. The molecule has 0 aliphatic carbocycles. The van der Waals surface area contributed by atoms with Gasteiger partial charge in [0.15, 0.2) is 0 Å². The SMILES string of the molecule is CCC(CC)c1nnc(NC(=O)c2cc(S(=O)(=O)N3CCOCC3)cn2C)s1. The first-order valence-electron chi connectivity index (χ1n) is 9.25. The van der Waals surface area contributed by atoms with Gasteiger partial charge in [-0.25, -0.2) is 8.42 Å². The fourth-order valence-electron chi connectivity index (χ4n) is 3.09. The molecular formula is C17H25N5O4S2. The lowest BCUT2D eigenvalue weighted by atomic mass is 10.1. The summed E-state index contributed by atoms with van der Waals surface area (Å²) in [6.07, 6.45) is 3.37. The van der Waals surface area contributed by atoms with Crippen LogP contribution in [0.4, 0.5) is 5.13 Å². The molecule has 1 aliphatic heterocycles. The molecule has 1 fully saturated rings. The summed E-state index contributed by atoms with van der Waals surface area (Å²) in [5.74, 6) is -0.0957. The normalized spacial score (nSPS) is 15.9. The zero-order chi connectivity index (χ0) is 20.3. The van der Waals surface area contributed by atoms with Crippen molar-refractivity contribution in [2.45, 2.75) is 37.5 Å². The van der Waals surface area contributed by atoms with Crippen LogP contribution in [0.5, 0.6) is 0 Å². The highest BCUT2D eigenvalue weighted by Crippen LogP contribution is 2.28. The number of amides is 1. The maximum Gasteiger partial charge on any atom is 0.274 e.